The maximum absolute atomic E-state index is 12.9. The predicted octanol–water partition coefficient (Wildman–Crippen LogP) is 4.77. The minimum Gasteiger partial charge on any atom is -0.481 e. The topological polar surface area (TPSA) is 68.5 Å². The second-order valence-corrected chi connectivity index (χ2v) is 7.79. The summed E-state index contributed by atoms with van der Waals surface area (Å²) in [7, 11) is 1.32. The fraction of sp³-hybridized carbons (Fsp3) is 0.190. The first-order chi connectivity index (χ1) is 14.1. The summed E-state index contributed by atoms with van der Waals surface area (Å²) < 4.78 is 57.0. The van der Waals surface area contributed by atoms with E-state index >= 15 is 0 Å². The van der Waals surface area contributed by atoms with Gasteiger partial charge in [-0.25, -0.2) is 4.21 Å². The number of alkyl halides is 3. The molecule has 1 unspecified atom stereocenters. The minimum atomic E-state index is -4.45. The molecule has 1 heterocycles. The zero-order valence-corrected chi connectivity index (χ0v) is 16.9. The second-order valence-electron chi connectivity index (χ2n) is 6.52. The lowest BCUT2D eigenvalue weighted by Gasteiger charge is -2.14. The summed E-state index contributed by atoms with van der Waals surface area (Å²) in [5.74, 6) is -1.01. The monoisotopic (exact) mass is 437 g/mol. The number of nitrogens with zero attached hydrogens (tertiary/aromatic N) is 1. The first kappa shape index (κ1) is 21.8. The van der Waals surface area contributed by atoms with Crippen molar-refractivity contribution >= 4 is 17.0 Å². The Morgan fingerprint density at radius 2 is 1.70 bits per heavy atom. The van der Waals surface area contributed by atoms with Gasteiger partial charge in [-0.05, 0) is 60.5 Å². The lowest BCUT2D eigenvalue weighted by atomic mass is 10.1. The van der Waals surface area contributed by atoms with Gasteiger partial charge in [0, 0.05) is 11.4 Å². The molecule has 1 aromatic heterocycles. The molecule has 2 aromatic carbocycles. The standard InChI is InChI=1S/C21H18F3NO4S/c1-13-15(12-20(26)27)11-19(14-3-9-18(10-4-14)30(28)29-2)25(13)17-7-5-16(6-8-17)21(22,23)24/h3-11H,12H2,1-2H3,(H,26,27). The van der Waals surface area contributed by atoms with Crippen molar-refractivity contribution in [2.75, 3.05) is 7.11 Å². The van der Waals surface area contributed by atoms with Crippen LogP contribution in [0, 0.1) is 6.92 Å². The Balaban J connectivity index is 2.13. The van der Waals surface area contributed by atoms with Crippen LogP contribution in [0.5, 0.6) is 0 Å². The van der Waals surface area contributed by atoms with Crippen LogP contribution < -0.4 is 0 Å². The number of rotatable bonds is 6. The molecule has 0 amide bonds. The molecule has 0 bridgehead atoms. The van der Waals surface area contributed by atoms with E-state index in [0.29, 0.717) is 33.1 Å². The molecule has 0 aliphatic carbocycles. The van der Waals surface area contributed by atoms with Crippen molar-refractivity contribution in [2.24, 2.45) is 0 Å². The summed E-state index contributed by atoms with van der Waals surface area (Å²) in [6, 6.07) is 13.0. The van der Waals surface area contributed by atoms with Crippen molar-refractivity contribution in [1.29, 1.82) is 0 Å². The molecule has 3 aromatic rings. The molecule has 0 spiro atoms. The number of carbonyl (C=O) groups is 1. The average molecular weight is 437 g/mol. The van der Waals surface area contributed by atoms with E-state index in [2.05, 4.69) is 0 Å². The van der Waals surface area contributed by atoms with Gasteiger partial charge in [-0.2, -0.15) is 13.2 Å². The SMILES string of the molecule is COS(=O)c1ccc(-c2cc(CC(=O)O)c(C)n2-c2ccc(C(F)(F)F)cc2)cc1. The van der Waals surface area contributed by atoms with E-state index in [9.17, 15) is 27.3 Å². The lowest BCUT2D eigenvalue weighted by Crippen LogP contribution is -2.06. The molecule has 0 aliphatic rings. The Kier molecular flexibility index (Phi) is 6.14. The van der Waals surface area contributed by atoms with Gasteiger partial charge in [-0.1, -0.05) is 12.1 Å². The smallest absolute Gasteiger partial charge is 0.416 e. The van der Waals surface area contributed by atoms with Gasteiger partial charge in [-0.15, -0.1) is 0 Å². The molecule has 0 radical (unpaired) electrons. The van der Waals surface area contributed by atoms with Crippen LogP contribution in [0.2, 0.25) is 0 Å². The Bertz CT molecular complexity index is 1090. The van der Waals surface area contributed by atoms with Crippen molar-refractivity contribution in [2.45, 2.75) is 24.4 Å². The number of aromatic nitrogens is 1. The molecule has 5 nitrogen and oxygen atoms in total. The Morgan fingerprint density at radius 1 is 1.10 bits per heavy atom. The number of carboxylic acid groups (broad SMARTS) is 1. The maximum Gasteiger partial charge on any atom is 0.416 e. The predicted molar refractivity (Wildman–Crippen MR) is 106 cm³/mol. The number of hydrogen-bond acceptors (Lipinski definition) is 3. The van der Waals surface area contributed by atoms with Crippen LogP contribution >= 0.6 is 0 Å². The maximum atomic E-state index is 12.9. The van der Waals surface area contributed by atoms with Crippen LogP contribution in [-0.4, -0.2) is 27.0 Å². The average Bonchev–Trinajstić information content (AvgIpc) is 3.02. The molecule has 0 aliphatic heterocycles. The van der Waals surface area contributed by atoms with E-state index in [1.54, 1.807) is 41.8 Å². The highest BCUT2D eigenvalue weighted by Gasteiger charge is 2.30. The van der Waals surface area contributed by atoms with Gasteiger partial charge < -0.3 is 9.67 Å². The first-order valence-corrected chi connectivity index (χ1v) is 9.86. The highest BCUT2D eigenvalue weighted by molar-refractivity contribution is 7.80. The van der Waals surface area contributed by atoms with Crippen LogP contribution in [0.1, 0.15) is 16.8 Å². The Morgan fingerprint density at radius 3 is 2.20 bits per heavy atom. The van der Waals surface area contributed by atoms with Gasteiger partial charge in [0.2, 0.25) is 0 Å². The first-order valence-electron chi connectivity index (χ1n) is 8.79. The molecular formula is C21H18F3NO4S. The van der Waals surface area contributed by atoms with Crippen molar-refractivity contribution in [3.05, 3.63) is 71.4 Å². The molecule has 0 saturated carbocycles. The summed E-state index contributed by atoms with van der Waals surface area (Å²) in [4.78, 5) is 11.7. The fourth-order valence-electron chi connectivity index (χ4n) is 3.18. The summed E-state index contributed by atoms with van der Waals surface area (Å²) in [6.07, 6.45) is -4.67. The normalized spacial score (nSPS) is 12.7. The van der Waals surface area contributed by atoms with E-state index in [4.69, 9.17) is 4.18 Å². The van der Waals surface area contributed by atoms with Gasteiger partial charge in [0.15, 0.2) is 11.1 Å². The Labute approximate surface area is 173 Å². The number of hydrogen-bond donors (Lipinski definition) is 1. The highest BCUT2D eigenvalue weighted by Crippen LogP contribution is 2.33. The van der Waals surface area contributed by atoms with Gasteiger partial charge >= 0.3 is 12.1 Å². The van der Waals surface area contributed by atoms with Gasteiger partial charge in [0.25, 0.3) is 0 Å². The molecule has 9 heteroatoms. The van der Waals surface area contributed by atoms with Gasteiger partial charge in [0.05, 0.1) is 29.7 Å². The van der Waals surface area contributed by atoms with Crippen LogP contribution in [-0.2, 0) is 32.7 Å². The van der Waals surface area contributed by atoms with E-state index < -0.39 is 28.8 Å². The molecule has 1 N–H and O–H groups in total. The van der Waals surface area contributed by atoms with Gasteiger partial charge in [-0.3, -0.25) is 8.98 Å². The van der Waals surface area contributed by atoms with E-state index in [0.717, 1.165) is 12.1 Å². The summed E-state index contributed by atoms with van der Waals surface area (Å²) in [6.45, 7) is 1.72. The number of halogens is 3. The minimum absolute atomic E-state index is 0.224. The number of aliphatic carboxylic acids is 1. The Hall–Kier alpha value is -2.91. The lowest BCUT2D eigenvalue weighted by molar-refractivity contribution is -0.138. The molecule has 158 valence electrons. The highest BCUT2D eigenvalue weighted by atomic mass is 32.2. The van der Waals surface area contributed by atoms with Crippen molar-refractivity contribution < 1.29 is 31.5 Å². The van der Waals surface area contributed by atoms with Crippen molar-refractivity contribution in [1.82, 2.24) is 4.57 Å². The molecule has 0 saturated heterocycles. The fourth-order valence-corrected chi connectivity index (χ4v) is 3.73. The summed E-state index contributed by atoms with van der Waals surface area (Å²) in [5.41, 5.74) is 2.15. The summed E-state index contributed by atoms with van der Waals surface area (Å²) >= 11 is -1.61. The van der Waals surface area contributed by atoms with Gasteiger partial charge in [0.1, 0.15) is 0 Å². The molecule has 30 heavy (non-hydrogen) atoms. The largest absolute Gasteiger partial charge is 0.481 e. The number of carboxylic acids is 1. The van der Waals surface area contributed by atoms with Crippen molar-refractivity contribution in [3.63, 3.8) is 0 Å². The summed E-state index contributed by atoms with van der Waals surface area (Å²) in [5, 5.41) is 9.20. The molecular weight excluding hydrogens is 419 g/mol. The van der Waals surface area contributed by atoms with Crippen LogP contribution in [0.4, 0.5) is 13.2 Å². The van der Waals surface area contributed by atoms with Crippen LogP contribution in [0.25, 0.3) is 16.9 Å². The second kappa shape index (κ2) is 8.45. The zero-order valence-electron chi connectivity index (χ0n) is 16.1. The van der Waals surface area contributed by atoms with Crippen LogP contribution in [0.3, 0.4) is 0 Å². The quantitative estimate of drug-likeness (QED) is 0.603. The van der Waals surface area contributed by atoms with Crippen molar-refractivity contribution in [3.8, 4) is 16.9 Å². The van der Waals surface area contributed by atoms with E-state index in [1.807, 2.05) is 0 Å². The molecule has 1 atom stereocenters. The van der Waals surface area contributed by atoms with E-state index in [1.165, 1.54) is 19.2 Å². The molecule has 3 rings (SSSR count). The third-order valence-electron chi connectivity index (χ3n) is 4.64. The van der Waals surface area contributed by atoms with Crippen LogP contribution in [0.15, 0.2) is 59.5 Å². The zero-order chi connectivity index (χ0) is 22.1. The third-order valence-corrected chi connectivity index (χ3v) is 5.60. The van der Waals surface area contributed by atoms with E-state index in [-0.39, 0.29) is 6.42 Å². The number of benzene rings is 2. The third kappa shape index (κ3) is 4.47. The molecule has 0 fully saturated rings.